The predicted molar refractivity (Wildman–Crippen MR) is 439 cm³/mol. The second kappa shape index (κ2) is 35.5. The van der Waals surface area contributed by atoms with Gasteiger partial charge in [0.15, 0.2) is 0 Å². The van der Waals surface area contributed by atoms with E-state index in [1.165, 1.54) is 43.0 Å². The third kappa shape index (κ3) is 18.0. The van der Waals surface area contributed by atoms with Crippen LogP contribution in [0.15, 0.2) is 158 Å². The summed E-state index contributed by atoms with van der Waals surface area (Å²) < 4.78 is 12.4. The van der Waals surface area contributed by atoms with Gasteiger partial charge in [-0.1, -0.05) is 296 Å². The molecule has 0 unspecified atom stereocenters. The van der Waals surface area contributed by atoms with Crippen molar-refractivity contribution in [1.82, 2.24) is 10.6 Å². The standard InChI is InChI=1S/C90H124N2O4Si4/c1-61(2)97(62(3)4,63(5)6)85-49-83(50-86(53-85)98(64(7)8,65(9)10)66(11)12)89(93)95-59-81-45-41-79(42-46-81)57-91-55-77-37-33-75(34-38-77)31-29-73-25-27-74(28-26-73)30-32-76-35-39-78(40-36-76)56-92-58-80-43-47-82(48-44-80)60-96-90(94)84-51-87(99(67(13)14,68(15)16)69(17)18)54-88(52-84)100(70(19)20,71(21)22)72(23)24/h25-28,33-54,61-72,91-92H,55-60H2,1-24H3. The number of ether oxygens (including phenoxy) is 2. The van der Waals surface area contributed by atoms with E-state index in [9.17, 15) is 9.59 Å². The molecule has 7 aromatic rings. The van der Waals surface area contributed by atoms with Crippen molar-refractivity contribution in [3.63, 3.8) is 0 Å². The molecule has 0 saturated heterocycles. The maximum atomic E-state index is 14.3. The van der Waals surface area contributed by atoms with Crippen molar-refractivity contribution in [3.8, 4) is 23.7 Å². The van der Waals surface area contributed by atoms with Gasteiger partial charge in [-0.25, -0.2) is 9.59 Å². The first kappa shape index (κ1) is 80.7. The molecule has 0 spiro atoms. The molecule has 0 amide bonds. The molecule has 0 aliphatic rings. The zero-order valence-corrected chi connectivity index (χ0v) is 69.8. The van der Waals surface area contributed by atoms with Crippen molar-refractivity contribution in [2.45, 2.75) is 272 Å². The number of benzene rings is 7. The predicted octanol–water partition coefficient (Wildman–Crippen LogP) is 21.3. The van der Waals surface area contributed by atoms with E-state index in [1.54, 1.807) is 0 Å². The number of carbonyl (C=O) groups is 2. The molecule has 0 atom stereocenters. The molecule has 0 radical (unpaired) electrons. The van der Waals surface area contributed by atoms with Crippen LogP contribution in [-0.2, 0) is 48.9 Å². The minimum atomic E-state index is -2.08. The van der Waals surface area contributed by atoms with Crippen molar-refractivity contribution in [2.24, 2.45) is 0 Å². The summed E-state index contributed by atoms with van der Waals surface area (Å²) in [7, 11) is -8.32. The Bertz CT molecular complexity index is 3480. The molecule has 7 rings (SSSR count). The van der Waals surface area contributed by atoms with Crippen molar-refractivity contribution < 1.29 is 19.1 Å². The SMILES string of the molecule is CC(C)[Si](c1cc(C(=O)OCc2ccc(CNCc3ccc(C#Cc4ccc(C#Cc5ccc(CNCc6ccc(COC(=O)c7cc([Si](C(C)C)(C(C)C)C(C)C)cc([Si](C(C)C)(C(C)C)C(C)C)c7)cc6)cc5)cc4)cc3)cc2)cc([Si](C(C)C)(C(C)C)C(C)C)c1)(C(C)C)C(C)C. The number of nitrogens with one attached hydrogen (secondary N) is 2. The van der Waals surface area contributed by atoms with E-state index in [0.717, 1.165) is 59.6 Å². The zero-order valence-electron chi connectivity index (χ0n) is 65.8. The van der Waals surface area contributed by atoms with E-state index in [0.29, 0.717) is 77.6 Å². The Morgan fingerprint density at radius 3 is 0.630 bits per heavy atom. The summed E-state index contributed by atoms with van der Waals surface area (Å²) in [5.74, 6) is 12.9. The van der Waals surface area contributed by atoms with Gasteiger partial charge >= 0.3 is 11.9 Å². The Morgan fingerprint density at radius 1 is 0.270 bits per heavy atom. The lowest BCUT2D eigenvalue weighted by molar-refractivity contribution is 0.0464. The zero-order chi connectivity index (χ0) is 73.6. The molecule has 10 heteroatoms. The van der Waals surface area contributed by atoms with Crippen LogP contribution in [-0.4, -0.2) is 44.2 Å². The Balaban J connectivity index is 0.864. The first-order valence-corrected chi connectivity index (χ1v) is 46.7. The van der Waals surface area contributed by atoms with Crippen LogP contribution in [0.1, 0.15) is 243 Å². The number of rotatable bonds is 30. The normalized spacial score (nSPS) is 12.5. The Kier molecular flexibility index (Phi) is 28.7. The van der Waals surface area contributed by atoms with Gasteiger partial charge in [0.2, 0.25) is 0 Å². The van der Waals surface area contributed by atoms with Crippen LogP contribution < -0.4 is 31.4 Å². The summed E-state index contributed by atoms with van der Waals surface area (Å²) >= 11 is 0. The van der Waals surface area contributed by atoms with Crippen LogP contribution in [0.5, 0.6) is 0 Å². The molecule has 2 N–H and O–H groups in total. The number of carbonyl (C=O) groups excluding carboxylic acids is 2. The summed E-state index contributed by atoms with van der Waals surface area (Å²) in [6.07, 6.45) is 0. The van der Waals surface area contributed by atoms with Gasteiger partial charge in [-0.15, -0.1) is 0 Å². The van der Waals surface area contributed by atoms with E-state index < -0.39 is 32.3 Å². The third-order valence-corrected chi connectivity index (χ3v) is 51.5. The van der Waals surface area contributed by atoms with Crippen LogP contribution in [0.3, 0.4) is 0 Å². The highest BCUT2D eigenvalue weighted by atomic mass is 28.3. The molecular formula is C90H124N2O4Si4. The average Bonchev–Trinajstić information content (AvgIpc) is 0.743. The minimum Gasteiger partial charge on any atom is -0.457 e. The maximum absolute atomic E-state index is 14.3. The average molecular weight is 1410 g/mol. The lowest BCUT2D eigenvalue weighted by atomic mass is 10.1. The molecule has 6 nitrogen and oxygen atoms in total. The van der Waals surface area contributed by atoms with E-state index >= 15 is 0 Å². The van der Waals surface area contributed by atoms with Crippen molar-refractivity contribution >= 4 is 65.0 Å². The van der Waals surface area contributed by atoms with E-state index in [2.05, 4.69) is 334 Å². The van der Waals surface area contributed by atoms with Crippen LogP contribution in [0, 0.1) is 23.7 Å². The highest BCUT2D eigenvalue weighted by Crippen LogP contribution is 2.46. The summed E-state index contributed by atoms with van der Waals surface area (Å²) in [6.45, 7) is 61.3. The smallest absolute Gasteiger partial charge is 0.338 e. The van der Waals surface area contributed by atoms with Gasteiger partial charge in [-0.2, -0.15) is 0 Å². The molecular weight excluding hydrogens is 1290 g/mol. The van der Waals surface area contributed by atoms with Gasteiger partial charge in [0.05, 0.1) is 43.4 Å². The lowest BCUT2D eigenvalue weighted by Crippen LogP contribution is -2.60. The first-order chi connectivity index (χ1) is 47.3. The topological polar surface area (TPSA) is 76.7 Å². The van der Waals surface area contributed by atoms with Gasteiger partial charge in [-0.3, -0.25) is 0 Å². The lowest BCUT2D eigenvalue weighted by Gasteiger charge is -2.47. The minimum absolute atomic E-state index is 0.226. The highest BCUT2D eigenvalue weighted by Gasteiger charge is 2.50. The van der Waals surface area contributed by atoms with E-state index in [1.807, 2.05) is 24.3 Å². The fraction of sp³-hybridized carbons (Fsp3) is 0.467. The molecule has 100 heavy (non-hydrogen) atoms. The van der Waals surface area contributed by atoms with Crippen molar-refractivity contribution in [1.29, 1.82) is 0 Å². The summed E-state index contributed by atoms with van der Waals surface area (Å²) in [5.41, 5.74) is 18.3. The first-order valence-electron chi connectivity index (χ1n) is 37.8. The molecule has 0 fully saturated rings. The van der Waals surface area contributed by atoms with Gasteiger partial charge in [0, 0.05) is 48.4 Å². The molecule has 0 aliphatic heterocycles. The summed E-state index contributed by atoms with van der Waals surface area (Å²) in [5, 5.41) is 12.9. The summed E-state index contributed by atoms with van der Waals surface area (Å²) in [4.78, 5) is 28.5. The quantitative estimate of drug-likeness (QED) is 0.0265. The maximum Gasteiger partial charge on any atom is 0.338 e. The third-order valence-electron chi connectivity index (χ3n) is 23.4. The van der Waals surface area contributed by atoms with Gasteiger partial charge in [0.25, 0.3) is 0 Å². The number of hydrogen-bond acceptors (Lipinski definition) is 6. The molecule has 0 aliphatic carbocycles. The fourth-order valence-electron chi connectivity index (χ4n) is 19.5. The van der Waals surface area contributed by atoms with Crippen molar-refractivity contribution in [3.05, 3.63) is 224 Å². The fourth-order valence-corrected chi connectivity index (χ4v) is 47.0. The van der Waals surface area contributed by atoms with E-state index in [-0.39, 0.29) is 25.2 Å². The number of esters is 2. The van der Waals surface area contributed by atoms with Gasteiger partial charge in [-0.05, 0) is 173 Å². The molecule has 0 aromatic heterocycles. The second-order valence-electron chi connectivity index (χ2n) is 32.7. The van der Waals surface area contributed by atoms with Gasteiger partial charge < -0.3 is 20.1 Å². The van der Waals surface area contributed by atoms with Crippen LogP contribution >= 0.6 is 0 Å². The highest BCUT2D eigenvalue weighted by molar-refractivity contribution is 6.99. The number of hydrogen-bond donors (Lipinski definition) is 2. The van der Waals surface area contributed by atoms with E-state index in [4.69, 9.17) is 9.47 Å². The summed E-state index contributed by atoms with van der Waals surface area (Å²) in [6, 6.07) is 55.9. The molecule has 534 valence electrons. The molecule has 0 saturated carbocycles. The molecule has 7 aromatic carbocycles. The molecule has 0 bridgehead atoms. The Labute approximate surface area is 610 Å². The molecule has 0 heterocycles. The van der Waals surface area contributed by atoms with Gasteiger partial charge in [0.1, 0.15) is 13.2 Å². The monoisotopic (exact) mass is 1410 g/mol. The van der Waals surface area contributed by atoms with Crippen molar-refractivity contribution in [2.75, 3.05) is 0 Å². The Morgan fingerprint density at radius 2 is 0.440 bits per heavy atom. The Hall–Kier alpha value is -6.61. The largest absolute Gasteiger partial charge is 0.457 e. The second-order valence-corrected chi connectivity index (χ2v) is 56.3. The van der Waals surface area contributed by atoms with Crippen LogP contribution in [0.25, 0.3) is 0 Å². The van der Waals surface area contributed by atoms with Crippen LogP contribution in [0.2, 0.25) is 66.5 Å². The van der Waals surface area contributed by atoms with Crippen LogP contribution in [0.4, 0.5) is 0 Å².